The van der Waals surface area contributed by atoms with Gasteiger partial charge in [-0.25, -0.2) is 0 Å². The van der Waals surface area contributed by atoms with Crippen LogP contribution in [0.4, 0.5) is 0 Å². The molecule has 0 unspecified atom stereocenters. The molecule has 0 fully saturated rings. The monoisotopic (exact) mass is 367 g/mol. The van der Waals surface area contributed by atoms with Crippen LogP contribution in [0.25, 0.3) is 6.08 Å². The number of amides is 1. The van der Waals surface area contributed by atoms with Crippen LogP contribution >= 0.6 is 0 Å². The summed E-state index contributed by atoms with van der Waals surface area (Å²) >= 11 is 0. The number of hydrogen-bond acceptors (Lipinski definition) is 3. The third kappa shape index (κ3) is 8.72. The molecule has 5 heteroatoms. The minimum Gasteiger partial charge on any atom is -0.494 e. The van der Waals surface area contributed by atoms with Gasteiger partial charge in [0.05, 0.1) is 13.0 Å². The molecule has 142 valence electrons. The number of aliphatic carboxylic acids is 1. The van der Waals surface area contributed by atoms with E-state index in [1.54, 1.807) is 6.08 Å². The van der Waals surface area contributed by atoms with Gasteiger partial charge in [0.1, 0.15) is 5.75 Å². The summed E-state index contributed by atoms with van der Waals surface area (Å²) in [4.78, 5) is 21.9. The van der Waals surface area contributed by atoms with Crippen molar-refractivity contribution in [3.05, 3.63) is 71.8 Å². The molecule has 0 heterocycles. The number of ether oxygens (including phenoxy) is 1. The zero-order chi connectivity index (χ0) is 19.3. The van der Waals surface area contributed by atoms with Gasteiger partial charge >= 0.3 is 5.97 Å². The average molecular weight is 367 g/mol. The molecule has 0 aromatic heterocycles. The second kappa shape index (κ2) is 11.5. The van der Waals surface area contributed by atoms with E-state index < -0.39 is 5.97 Å². The van der Waals surface area contributed by atoms with E-state index in [-0.39, 0.29) is 18.9 Å². The number of carbonyl (C=O) groups excluding carboxylic acids is 1. The minimum atomic E-state index is -0.935. The van der Waals surface area contributed by atoms with Gasteiger partial charge in [-0.05, 0) is 48.6 Å². The molecule has 27 heavy (non-hydrogen) atoms. The van der Waals surface area contributed by atoms with Crippen LogP contribution in [0.3, 0.4) is 0 Å². The Balaban J connectivity index is 1.65. The Bertz CT molecular complexity index is 739. The molecule has 0 aliphatic heterocycles. The lowest BCUT2D eigenvalue weighted by Crippen LogP contribution is -2.23. The van der Waals surface area contributed by atoms with Crippen LogP contribution in [0, 0.1) is 0 Å². The number of rotatable bonds is 11. The van der Waals surface area contributed by atoms with Crippen molar-refractivity contribution in [2.45, 2.75) is 25.7 Å². The lowest BCUT2D eigenvalue weighted by molar-refractivity contribution is -0.136. The zero-order valence-corrected chi connectivity index (χ0v) is 15.3. The Morgan fingerprint density at radius 1 is 1.00 bits per heavy atom. The summed E-state index contributed by atoms with van der Waals surface area (Å²) in [5.41, 5.74) is 2.22. The fraction of sp³-hybridized carbons (Fsp3) is 0.273. The van der Waals surface area contributed by atoms with Crippen LogP contribution in [-0.2, 0) is 16.0 Å². The maximum atomic E-state index is 11.6. The Morgan fingerprint density at radius 3 is 2.44 bits per heavy atom. The van der Waals surface area contributed by atoms with Crippen molar-refractivity contribution >= 4 is 18.0 Å². The largest absolute Gasteiger partial charge is 0.494 e. The Labute approximate surface area is 159 Å². The van der Waals surface area contributed by atoms with Gasteiger partial charge in [0.25, 0.3) is 0 Å². The van der Waals surface area contributed by atoms with Crippen molar-refractivity contribution in [1.82, 2.24) is 5.32 Å². The van der Waals surface area contributed by atoms with Gasteiger partial charge in [-0.2, -0.15) is 0 Å². The fourth-order valence-corrected chi connectivity index (χ4v) is 2.46. The normalized spacial score (nSPS) is 10.7. The Kier molecular flexibility index (Phi) is 8.63. The molecule has 5 nitrogen and oxygen atoms in total. The van der Waals surface area contributed by atoms with E-state index in [2.05, 4.69) is 29.6 Å². The molecule has 0 atom stereocenters. The number of carbonyl (C=O) groups is 2. The second-order valence-electron chi connectivity index (χ2n) is 6.13. The molecule has 0 saturated heterocycles. The highest BCUT2D eigenvalue weighted by Gasteiger charge is 1.99. The van der Waals surface area contributed by atoms with Crippen molar-refractivity contribution in [1.29, 1.82) is 0 Å². The highest BCUT2D eigenvalue weighted by atomic mass is 16.5. The number of aryl methyl sites for hydroxylation is 1. The highest BCUT2D eigenvalue weighted by Crippen LogP contribution is 2.14. The van der Waals surface area contributed by atoms with E-state index in [1.807, 2.05) is 30.3 Å². The SMILES string of the molecule is O=C(O)CCNC(=O)C=Cc1ccc(OCCCCc2ccccc2)cc1. The van der Waals surface area contributed by atoms with Crippen molar-refractivity contribution in [3.63, 3.8) is 0 Å². The van der Waals surface area contributed by atoms with Crippen molar-refractivity contribution in [3.8, 4) is 5.75 Å². The number of nitrogens with one attached hydrogen (secondary N) is 1. The van der Waals surface area contributed by atoms with E-state index in [0.29, 0.717) is 6.61 Å². The number of hydrogen-bond donors (Lipinski definition) is 2. The topological polar surface area (TPSA) is 75.6 Å². The maximum Gasteiger partial charge on any atom is 0.305 e. The molecule has 2 aromatic carbocycles. The van der Waals surface area contributed by atoms with E-state index in [9.17, 15) is 9.59 Å². The smallest absolute Gasteiger partial charge is 0.305 e. The van der Waals surface area contributed by atoms with Crippen LogP contribution in [-0.4, -0.2) is 30.1 Å². The predicted octanol–water partition coefficient (Wildman–Crippen LogP) is 3.69. The van der Waals surface area contributed by atoms with E-state index >= 15 is 0 Å². The molecule has 0 radical (unpaired) electrons. The number of benzene rings is 2. The molecule has 2 rings (SSSR count). The molecule has 0 spiro atoms. The Morgan fingerprint density at radius 2 is 1.74 bits per heavy atom. The highest BCUT2D eigenvalue weighted by molar-refractivity contribution is 5.91. The van der Waals surface area contributed by atoms with Gasteiger partial charge < -0.3 is 15.2 Å². The summed E-state index contributed by atoms with van der Waals surface area (Å²) < 4.78 is 5.74. The fourth-order valence-electron chi connectivity index (χ4n) is 2.46. The van der Waals surface area contributed by atoms with Gasteiger partial charge in [-0.1, -0.05) is 42.5 Å². The van der Waals surface area contributed by atoms with E-state index in [0.717, 1.165) is 30.6 Å². The predicted molar refractivity (Wildman–Crippen MR) is 106 cm³/mol. The van der Waals surface area contributed by atoms with Crippen LogP contribution in [0.1, 0.15) is 30.4 Å². The van der Waals surface area contributed by atoms with Gasteiger partial charge in [-0.15, -0.1) is 0 Å². The van der Waals surface area contributed by atoms with Gasteiger partial charge in [-0.3, -0.25) is 9.59 Å². The first-order valence-electron chi connectivity index (χ1n) is 9.08. The Hall–Kier alpha value is -3.08. The van der Waals surface area contributed by atoms with Crippen LogP contribution in [0.5, 0.6) is 5.75 Å². The van der Waals surface area contributed by atoms with Gasteiger partial charge in [0.15, 0.2) is 0 Å². The summed E-state index contributed by atoms with van der Waals surface area (Å²) in [5, 5.41) is 11.0. The van der Waals surface area contributed by atoms with Crippen LogP contribution in [0.15, 0.2) is 60.7 Å². The molecule has 0 bridgehead atoms. The average Bonchev–Trinajstić information content (AvgIpc) is 2.67. The molecule has 0 aliphatic rings. The van der Waals surface area contributed by atoms with Crippen molar-refractivity contribution < 1.29 is 19.4 Å². The summed E-state index contributed by atoms with van der Waals surface area (Å²) in [6.45, 7) is 0.795. The molecular formula is C22H25NO4. The third-order valence-corrected chi connectivity index (χ3v) is 3.92. The maximum absolute atomic E-state index is 11.6. The van der Waals surface area contributed by atoms with Crippen molar-refractivity contribution in [2.24, 2.45) is 0 Å². The molecule has 2 aromatic rings. The number of carboxylic acid groups (broad SMARTS) is 1. The molecular weight excluding hydrogens is 342 g/mol. The lowest BCUT2D eigenvalue weighted by atomic mass is 10.1. The lowest BCUT2D eigenvalue weighted by Gasteiger charge is -2.06. The molecule has 0 saturated carbocycles. The first-order valence-corrected chi connectivity index (χ1v) is 9.08. The summed E-state index contributed by atoms with van der Waals surface area (Å²) in [6, 6.07) is 17.9. The summed E-state index contributed by atoms with van der Waals surface area (Å²) in [7, 11) is 0. The van der Waals surface area contributed by atoms with Crippen LogP contribution < -0.4 is 10.1 Å². The summed E-state index contributed by atoms with van der Waals surface area (Å²) in [5.74, 6) is -0.442. The first-order chi connectivity index (χ1) is 13.1. The van der Waals surface area contributed by atoms with Gasteiger partial charge in [0.2, 0.25) is 5.91 Å². The zero-order valence-electron chi connectivity index (χ0n) is 15.3. The van der Waals surface area contributed by atoms with E-state index in [1.165, 1.54) is 11.6 Å². The third-order valence-electron chi connectivity index (χ3n) is 3.92. The van der Waals surface area contributed by atoms with Gasteiger partial charge in [0, 0.05) is 12.6 Å². The standard InChI is InChI=1S/C22H25NO4/c24-21(23-16-15-22(25)26)14-11-19-9-12-20(13-10-19)27-17-5-4-8-18-6-2-1-3-7-18/h1-3,6-7,9-14H,4-5,8,15-17H2,(H,23,24)(H,25,26). The minimum absolute atomic E-state index is 0.0863. The molecule has 1 amide bonds. The number of unbranched alkanes of at least 4 members (excludes halogenated alkanes) is 1. The van der Waals surface area contributed by atoms with Crippen molar-refractivity contribution in [2.75, 3.05) is 13.2 Å². The molecule has 0 aliphatic carbocycles. The first kappa shape index (κ1) is 20.2. The molecule has 2 N–H and O–H groups in total. The van der Waals surface area contributed by atoms with Crippen LogP contribution in [0.2, 0.25) is 0 Å². The second-order valence-corrected chi connectivity index (χ2v) is 6.13. The summed E-state index contributed by atoms with van der Waals surface area (Å²) in [6.07, 6.45) is 6.12. The quantitative estimate of drug-likeness (QED) is 0.469. The number of carboxylic acids is 1. The van der Waals surface area contributed by atoms with E-state index in [4.69, 9.17) is 9.84 Å².